The largest absolute Gasteiger partial charge is 0.493 e. The summed E-state index contributed by atoms with van der Waals surface area (Å²) in [6.45, 7) is 4.55. The van der Waals surface area contributed by atoms with Crippen LogP contribution in [0, 0.1) is 0 Å². The van der Waals surface area contributed by atoms with Crippen LogP contribution >= 0.6 is 0 Å². The number of nitrogen functional groups attached to an aromatic ring is 1. The molecule has 19 heavy (non-hydrogen) atoms. The Bertz CT molecular complexity index is 393. The summed E-state index contributed by atoms with van der Waals surface area (Å²) in [5, 5.41) is 2.97. The molecule has 106 valence electrons. The maximum absolute atomic E-state index is 11.7. The van der Waals surface area contributed by atoms with E-state index in [1.54, 1.807) is 12.1 Å². The molecule has 4 nitrogen and oxygen atoms in total. The molecule has 1 atom stereocenters. The van der Waals surface area contributed by atoms with Gasteiger partial charge in [0.25, 0.3) is 0 Å². The van der Waals surface area contributed by atoms with Crippen molar-refractivity contribution in [2.45, 2.75) is 45.6 Å². The van der Waals surface area contributed by atoms with Gasteiger partial charge in [-0.25, -0.2) is 0 Å². The number of benzene rings is 1. The second-order valence-corrected chi connectivity index (χ2v) is 4.78. The number of nitrogens with one attached hydrogen (secondary N) is 1. The van der Waals surface area contributed by atoms with Gasteiger partial charge < -0.3 is 15.8 Å². The fraction of sp³-hybridized carbons (Fsp3) is 0.533. The Hall–Kier alpha value is -1.71. The van der Waals surface area contributed by atoms with Gasteiger partial charge in [0.1, 0.15) is 5.75 Å². The summed E-state index contributed by atoms with van der Waals surface area (Å²) < 4.78 is 5.48. The van der Waals surface area contributed by atoms with Crippen LogP contribution in [-0.4, -0.2) is 18.6 Å². The normalized spacial score (nSPS) is 11.9. The van der Waals surface area contributed by atoms with Crippen molar-refractivity contribution < 1.29 is 9.53 Å². The first kappa shape index (κ1) is 15.3. The van der Waals surface area contributed by atoms with Crippen LogP contribution in [0.25, 0.3) is 0 Å². The molecule has 1 aromatic carbocycles. The number of anilines is 1. The van der Waals surface area contributed by atoms with Crippen molar-refractivity contribution in [2.75, 3.05) is 12.3 Å². The number of nitrogens with two attached hydrogens (primary N) is 1. The molecule has 1 unspecified atom stereocenters. The van der Waals surface area contributed by atoms with Gasteiger partial charge in [-0.1, -0.05) is 25.8 Å². The summed E-state index contributed by atoms with van der Waals surface area (Å²) in [6, 6.07) is 7.45. The highest BCUT2D eigenvalue weighted by atomic mass is 16.5. The van der Waals surface area contributed by atoms with E-state index in [-0.39, 0.29) is 11.9 Å². The lowest BCUT2D eigenvalue weighted by molar-refractivity contribution is -0.122. The number of unbranched alkanes of at least 4 members (excludes halogenated alkanes) is 1. The molecular weight excluding hydrogens is 240 g/mol. The molecule has 0 aliphatic rings. The smallest absolute Gasteiger partial charge is 0.223 e. The Morgan fingerprint density at radius 2 is 2.26 bits per heavy atom. The summed E-state index contributed by atoms with van der Waals surface area (Å²) in [7, 11) is 0. The first-order chi connectivity index (χ1) is 9.11. The van der Waals surface area contributed by atoms with Gasteiger partial charge in [0.2, 0.25) is 5.91 Å². The number of amides is 1. The van der Waals surface area contributed by atoms with Crippen molar-refractivity contribution in [2.24, 2.45) is 0 Å². The molecule has 0 spiro atoms. The first-order valence-electron chi connectivity index (χ1n) is 6.89. The van der Waals surface area contributed by atoms with E-state index in [2.05, 4.69) is 12.2 Å². The Morgan fingerprint density at radius 1 is 1.47 bits per heavy atom. The molecule has 0 fully saturated rings. The maximum Gasteiger partial charge on any atom is 0.223 e. The first-order valence-corrected chi connectivity index (χ1v) is 6.89. The third kappa shape index (κ3) is 6.70. The molecule has 4 heteroatoms. The van der Waals surface area contributed by atoms with E-state index in [4.69, 9.17) is 10.5 Å². The fourth-order valence-electron chi connectivity index (χ4n) is 1.80. The lowest BCUT2D eigenvalue weighted by Crippen LogP contribution is -2.33. The van der Waals surface area contributed by atoms with Crippen LogP contribution in [0.1, 0.15) is 39.5 Å². The fourth-order valence-corrected chi connectivity index (χ4v) is 1.80. The van der Waals surface area contributed by atoms with Crippen LogP contribution in [-0.2, 0) is 4.79 Å². The molecule has 1 aromatic rings. The minimum absolute atomic E-state index is 0.0347. The van der Waals surface area contributed by atoms with Crippen LogP contribution in [0.5, 0.6) is 5.75 Å². The molecule has 0 radical (unpaired) electrons. The number of ether oxygens (including phenoxy) is 1. The average molecular weight is 264 g/mol. The van der Waals surface area contributed by atoms with Crippen molar-refractivity contribution >= 4 is 11.6 Å². The lowest BCUT2D eigenvalue weighted by Gasteiger charge is -2.13. The van der Waals surface area contributed by atoms with E-state index >= 15 is 0 Å². The van der Waals surface area contributed by atoms with Gasteiger partial charge in [0.15, 0.2) is 0 Å². The molecular formula is C15H24N2O2. The highest BCUT2D eigenvalue weighted by Crippen LogP contribution is 2.14. The maximum atomic E-state index is 11.7. The Morgan fingerprint density at radius 3 is 2.95 bits per heavy atom. The summed E-state index contributed by atoms with van der Waals surface area (Å²) >= 11 is 0. The van der Waals surface area contributed by atoms with Crippen LogP contribution in [0.4, 0.5) is 5.69 Å². The third-order valence-corrected chi connectivity index (χ3v) is 2.85. The second-order valence-electron chi connectivity index (χ2n) is 4.78. The molecule has 0 heterocycles. The van der Waals surface area contributed by atoms with Gasteiger partial charge in [0.05, 0.1) is 13.0 Å². The van der Waals surface area contributed by atoms with Gasteiger partial charge in [-0.15, -0.1) is 0 Å². The SMILES string of the molecule is CCCCC(C)NC(=O)CCOc1cccc(N)c1. The monoisotopic (exact) mass is 264 g/mol. The Kier molecular flexibility index (Phi) is 6.79. The van der Waals surface area contributed by atoms with E-state index in [1.807, 2.05) is 19.1 Å². The van der Waals surface area contributed by atoms with Crippen LogP contribution in [0.15, 0.2) is 24.3 Å². The molecule has 0 aromatic heterocycles. The minimum Gasteiger partial charge on any atom is -0.493 e. The van der Waals surface area contributed by atoms with Crippen molar-refractivity contribution in [1.82, 2.24) is 5.32 Å². The number of hydrogen-bond donors (Lipinski definition) is 2. The summed E-state index contributed by atoms with van der Waals surface area (Å²) in [5.41, 5.74) is 6.31. The van der Waals surface area contributed by atoms with Crippen LogP contribution in [0.3, 0.4) is 0 Å². The van der Waals surface area contributed by atoms with Crippen LogP contribution in [0.2, 0.25) is 0 Å². The zero-order chi connectivity index (χ0) is 14.1. The Labute approximate surface area is 115 Å². The van der Waals surface area contributed by atoms with Crippen molar-refractivity contribution in [3.63, 3.8) is 0 Å². The van der Waals surface area contributed by atoms with Gasteiger partial charge in [-0.2, -0.15) is 0 Å². The Balaban J connectivity index is 2.20. The zero-order valence-electron chi connectivity index (χ0n) is 11.8. The molecule has 0 aliphatic carbocycles. The van der Waals surface area contributed by atoms with Gasteiger partial charge >= 0.3 is 0 Å². The van der Waals surface area contributed by atoms with Gasteiger partial charge in [0, 0.05) is 17.8 Å². The van der Waals surface area contributed by atoms with Gasteiger partial charge in [-0.05, 0) is 25.5 Å². The number of carbonyl (C=O) groups is 1. The van der Waals surface area contributed by atoms with Crippen LogP contribution < -0.4 is 15.8 Å². The molecule has 0 bridgehead atoms. The molecule has 3 N–H and O–H groups in total. The predicted molar refractivity (Wildman–Crippen MR) is 78.1 cm³/mol. The molecule has 1 amide bonds. The number of hydrogen-bond acceptors (Lipinski definition) is 3. The highest BCUT2D eigenvalue weighted by Gasteiger charge is 2.07. The average Bonchev–Trinajstić information content (AvgIpc) is 2.36. The van der Waals surface area contributed by atoms with E-state index in [1.165, 1.54) is 0 Å². The minimum atomic E-state index is 0.0347. The van der Waals surface area contributed by atoms with E-state index in [9.17, 15) is 4.79 Å². The van der Waals surface area contributed by atoms with Crippen molar-refractivity contribution in [3.05, 3.63) is 24.3 Å². The highest BCUT2D eigenvalue weighted by molar-refractivity contribution is 5.76. The molecule has 0 saturated heterocycles. The van der Waals surface area contributed by atoms with E-state index < -0.39 is 0 Å². The molecule has 0 aliphatic heterocycles. The van der Waals surface area contributed by atoms with Gasteiger partial charge in [-0.3, -0.25) is 4.79 Å². The molecule has 0 saturated carbocycles. The summed E-state index contributed by atoms with van der Waals surface area (Å²) in [5.74, 6) is 0.735. The summed E-state index contributed by atoms with van der Waals surface area (Å²) in [4.78, 5) is 11.7. The third-order valence-electron chi connectivity index (χ3n) is 2.85. The predicted octanol–water partition coefficient (Wildman–Crippen LogP) is 2.73. The zero-order valence-corrected chi connectivity index (χ0v) is 11.8. The number of rotatable bonds is 8. The van der Waals surface area contributed by atoms with E-state index in [0.29, 0.717) is 24.5 Å². The lowest BCUT2D eigenvalue weighted by atomic mass is 10.1. The van der Waals surface area contributed by atoms with Crippen molar-refractivity contribution in [1.29, 1.82) is 0 Å². The second kappa shape index (κ2) is 8.40. The quantitative estimate of drug-likeness (QED) is 0.710. The standard InChI is InChI=1S/C15H24N2O2/c1-3-4-6-12(2)17-15(18)9-10-19-14-8-5-7-13(16)11-14/h5,7-8,11-12H,3-4,6,9-10,16H2,1-2H3,(H,17,18). The van der Waals surface area contributed by atoms with E-state index in [0.717, 1.165) is 19.3 Å². The summed E-state index contributed by atoms with van der Waals surface area (Å²) in [6.07, 6.45) is 3.68. The van der Waals surface area contributed by atoms with Crippen molar-refractivity contribution in [3.8, 4) is 5.75 Å². The molecule has 1 rings (SSSR count). The number of carbonyl (C=O) groups excluding carboxylic acids is 1. The topological polar surface area (TPSA) is 64.3 Å².